The molecule has 122 valence electrons. The molecule has 1 N–H and O–H groups in total. The average Bonchev–Trinajstić information content (AvgIpc) is 2.58. The van der Waals surface area contributed by atoms with Crippen molar-refractivity contribution in [2.45, 2.75) is 12.8 Å². The summed E-state index contributed by atoms with van der Waals surface area (Å²) < 4.78 is 0.778. The molecule has 0 aliphatic carbocycles. The molecule has 0 fully saturated rings. The van der Waals surface area contributed by atoms with E-state index >= 15 is 0 Å². The Hall–Kier alpha value is -2.18. The van der Waals surface area contributed by atoms with Crippen LogP contribution in [0.5, 0.6) is 0 Å². The number of benzene rings is 2. The lowest BCUT2D eigenvalue weighted by molar-refractivity contribution is -0.118. The molecule has 0 radical (unpaired) electrons. The van der Waals surface area contributed by atoms with Crippen molar-refractivity contribution in [1.29, 1.82) is 0 Å². The standard InChI is InChI=1S/C17H13BrClN3O2/c18-13-3-1-2-4-14(13)20-17(24)15-9-10-16(23)22(21-15)12-7-5-11(19)6-8-12/h1-8H,9-10H2,(H,20,24). The van der Waals surface area contributed by atoms with Crippen LogP contribution < -0.4 is 10.3 Å². The Balaban J connectivity index is 1.83. The molecule has 0 saturated heterocycles. The highest BCUT2D eigenvalue weighted by Crippen LogP contribution is 2.24. The monoisotopic (exact) mass is 405 g/mol. The van der Waals surface area contributed by atoms with Crippen LogP contribution in [0, 0.1) is 0 Å². The maximum absolute atomic E-state index is 12.4. The molecule has 7 heteroatoms. The van der Waals surface area contributed by atoms with E-state index in [1.54, 1.807) is 30.3 Å². The zero-order chi connectivity index (χ0) is 17.1. The molecule has 5 nitrogen and oxygen atoms in total. The number of hydrazone groups is 1. The van der Waals surface area contributed by atoms with Crippen molar-refractivity contribution in [3.63, 3.8) is 0 Å². The molecule has 2 aromatic carbocycles. The molecule has 0 atom stereocenters. The Morgan fingerprint density at radius 3 is 2.54 bits per heavy atom. The normalized spacial score (nSPS) is 14.3. The molecule has 2 aromatic rings. The first-order valence-corrected chi connectivity index (χ1v) is 8.43. The Labute approximate surface area is 152 Å². The number of nitrogens with one attached hydrogen (secondary N) is 1. The van der Waals surface area contributed by atoms with Crippen molar-refractivity contribution in [3.05, 3.63) is 58.0 Å². The molecule has 0 saturated carbocycles. The fourth-order valence-electron chi connectivity index (χ4n) is 2.26. The Bertz CT molecular complexity index is 821. The molecule has 0 aromatic heterocycles. The maximum Gasteiger partial charge on any atom is 0.271 e. The van der Waals surface area contributed by atoms with Crippen LogP contribution >= 0.6 is 27.5 Å². The van der Waals surface area contributed by atoms with Gasteiger partial charge in [-0.3, -0.25) is 9.59 Å². The fourth-order valence-corrected chi connectivity index (χ4v) is 2.77. The summed E-state index contributed by atoms with van der Waals surface area (Å²) in [6.45, 7) is 0. The second-order valence-electron chi connectivity index (χ2n) is 5.16. The second-order valence-corrected chi connectivity index (χ2v) is 6.45. The SMILES string of the molecule is O=C(Nc1ccccc1Br)C1=NN(c2ccc(Cl)cc2)C(=O)CC1. The van der Waals surface area contributed by atoms with Gasteiger partial charge < -0.3 is 5.32 Å². The molecule has 2 amide bonds. The van der Waals surface area contributed by atoms with Crippen LogP contribution in [0.3, 0.4) is 0 Å². The molecule has 24 heavy (non-hydrogen) atoms. The summed E-state index contributed by atoms with van der Waals surface area (Å²) in [4.78, 5) is 24.5. The number of anilines is 2. The average molecular weight is 407 g/mol. The van der Waals surface area contributed by atoms with Gasteiger partial charge in [0.05, 0.1) is 11.4 Å². The van der Waals surface area contributed by atoms with Gasteiger partial charge in [-0.25, -0.2) is 5.01 Å². The van der Waals surface area contributed by atoms with Crippen molar-refractivity contribution in [2.75, 3.05) is 10.3 Å². The summed E-state index contributed by atoms with van der Waals surface area (Å²) in [6, 6.07) is 14.0. The zero-order valence-corrected chi connectivity index (χ0v) is 14.8. The minimum atomic E-state index is -0.326. The summed E-state index contributed by atoms with van der Waals surface area (Å²) in [5.41, 5.74) is 1.54. The number of hydrogen-bond donors (Lipinski definition) is 1. The first kappa shape index (κ1) is 16.7. The highest BCUT2D eigenvalue weighted by Gasteiger charge is 2.25. The summed E-state index contributed by atoms with van der Waals surface area (Å²) in [5.74, 6) is -0.483. The predicted molar refractivity (Wildman–Crippen MR) is 98.4 cm³/mol. The lowest BCUT2D eigenvalue weighted by atomic mass is 10.1. The smallest absolute Gasteiger partial charge is 0.271 e. The van der Waals surface area contributed by atoms with Gasteiger partial charge in [0.15, 0.2) is 0 Å². The van der Waals surface area contributed by atoms with E-state index in [9.17, 15) is 9.59 Å². The van der Waals surface area contributed by atoms with Crippen LogP contribution in [0.2, 0.25) is 5.02 Å². The lowest BCUT2D eigenvalue weighted by Gasteiger charge is -2.23. The highest BCUT2D eigenvalue weighted by molar-refractivity contribution is 9.10. The van der Waals surface area contributed by atoms with Gasteiger partial charge in [0, 0.05) is 22.3 Å². The molecule has 0 unspecified atom stereocenters. The quantitative estimate of drug-likeness (QED) is 0.829. The van der Waals surface area contributed by atoms with E-state index in [1.165, 1.54) is 5.01 Å². The minimum absolute atomic E-state index is 0.158. The molecule has 3 rings (SSSR count). The molecule has 1 aliphatic rings. The third-order valence-electron chi connectivity index (χ3n) is 3.49. The summed E-state index contributed by atoms with van der Waals surface area (Å²) in [6.07, 6.45) is 0.532. The van der Waals surface area contributed by atoms with Gasteiger partial charge in [-0.15, -0.1) is 0 Å². The predicted octanol–water partition coefficient (Wildman–Crippen LogP) is 4.22. The number of hydrogen-bond acceptors (Lipinski definition) is 3. The Morgan fingerprint density at radius 2 is 1.83 bits per heavy atom. The molecule has 0 spiro atoms. The number of amides is 2. The lowest BCUT2D eigenvalue weighted by Crippen LogP contribution is -2.36. The van der Waals surface area contributed by atoms with E-state index in [0.29, 0.717) is 28.5 Å². The van der Waals surface area contributed by atoms with Crippen LogP contribution in [0.4, 0.5) is 11.4 Å². The van der Waals surface area contributed by atoms with Crippen molar-refractivity contribution in [2.24, 2.45) is 5.10 Å². The first-order chi connectivity index (χ1) is 11.5. The van der Waals surface area contributed by atoms with Crippen molar-refractivity contribution in [1.82, 2.24) is 0 Å². The van der Waals surface area contributed by atoms with Crippen molar-refractivity contribution >= 4 is 56.4 Å². The van der Waals surface area contributed by atoms with Gasteiger partial charge in [-0.05, 0) is 52.3 Å². The van der Waals surface area contributed by atoms with Crippen molar-refractivity contribution in [3.8, 4) is 0 Å². The molecule has 1 aliphatic heterocycles. The number of para-hydroxylation sites is 1. The van der Waals surface area contributed by atoms with Gasteiger partial charge >= 0.3 is 0 Å². The topological polar surface area (TPSA) is 61.8 Å². The van der Waals surface area contributed by atoms with Gasteiger partial charge in [0.2, 0.25) is 5.91 Å². The minimum Gasteiger partial charge on any atom is -0.320 e. The Morgan fingerprint density at radius 1 is 1.12 bits per heavy atom. The van der Waals surface area contributed by atoms with Crippen molar-refractivity contribution < 1.29 is 9.59 Å². The van der Waals surface area contributed by atoms with Gasteiger partial charge in [0.1, 0.15) is 5.71 Å². The fraction of sp³-hybridized carbons (Fsp3) is 0.118. The largest absolute Gasteiger partial charge is 0.320 e. The summed E-state index contributed by atoms with van der Waals surface area (Å²) in [5, 5.41) is 8.83. The van der Waals surface area contributed by atoms with Crippen LogP contribution in [-0.2, 0) is 9.59 Å². The van der Waals surface area contributed by atoms with E-state index in [-0.39, 0.29) is 18.2 Å². The zero-order valence-electron chi connectivity index (χ0n) is 12.5. The van der Waals surface area contributed by atoms with E-state index in [2.05, 4.69) is 26.3 Å². The third-order valence-corrected chi connectivity index (χ3v) is 4.43. The molecule has 1 heterocycles. The Kier molecular flexibility index (Phi) is 4.97. The molecular formula is C17H13BrClN3O2. The van der Waals surface area contributed by atoms with Gasteiger partial charge in [-0.1, -0.05) is 23.7 Å². The molecule has 0 bridgehead atoms. The summed E-state index contributed by atoms with van der Waals surface area (Å²) >= 11 is 9.25. The number of carbonyl (C=O) groups is 2. The van der Waals surface area contributed by atoms with E-state index in [4.69, 9.17) is 11.6 Å². The van der Waals surface area contributed by atoms with Gasteiger partial charge in [-0.2, -0.15) is 5.10 Å². The van der Waals surface area contributed by atoms with E-state index < -0.39 is 0 Å². The number of carbonyl (C=O) groups excluding carboxylic acids is 2. The van der Waals surface area contributed by atoms with Crippen LogP contribution in [0.15, 0.2) is 58.1 Å². The second kappa shape index (κ2) is 7.15. The third kappa shape index (κ3) is 3.66. The van der Waals surface area contributed by atoms with Crippen LogP contribution in [0.25, 0.3) is 0 Å². The maximum atomic E-state index is 12.4. The van der Waals surface area contributed by atoms with Crippen LogP contribution in [-0.4, -0.2) is 17.5 Å². The first-order valence-electron chi connectivity index (χ1n) is 7.26. The number of rotatable bonds is 3. The van der Waals surface area contributed by atoms with E-state index in [1.807, 2.05) is 18.2 Å². The highest BCUT2D eigenvalue weighted by atomic mass is 79.9. The number of halogens is 2. The van der Waals surface area contributed by atoms with Gasteiger partial charge in [0.25, 0.3) is 5.91 Å². The molecular weight excluding hydrogens is 394 g/mol. The summed E-state index contributed by atoms with van der Waals surface area (Å²) in [7, 11) is 0. The number of nitrogens with zero attached hydrogens (tertiary/aromatic N) is 2. The van der Waals surface area contributed by atoms with E-state index in [0.717, 1.165) is 4.47 Å². The van der Waals surface area contributed by atoms with Crippen LogP contribution in [0.1, 0.15) is 12.8 Å².